The van der Waals surface area contributed by atoms with Crippen molar-refractivity contribution in [3.63, 3.8) is 0 Å². The number of piperidine rings is 1. The predicted molar refractivity (Wildman–Crippen MR) is 109 cm³/mol. The van der Waals surface area contributed by atoms with Crippen LogP contribution < -0.4 is 14.8 Å². The van der Waals surface area contributed by atoms with E-state index in [4.69, 9.17) is 9.47 Å². The highest BCUT2D eigenvalue weighted by molar-refractivity contribution is 9.10. The van der Waals surface area contributed by atoms with E-state index >= 15 is 0 Å². The van der Waals surface area contributed by atoms with Gasteiger partial charge in [-0.25, -0.2) is 0 Å². The Balaban J connectivity index is 1.49. The fourth-order valence-electron chi connectivity index (χ4n) is 3.42. The molecule has 1 aliphatic rings. The fourth-order valence-corrected chi connectivity index (χ4v) is 3.89. The van der Waals surface area contributed by atoms with Crippen molar-refractivity contribution in [1.29, 1.82) is 0 Å². The minimum absolute atomic E-state index is 0.557. The van der Waals surface area contributed by atoms with Gasteiger partial charge in [-0.2, -0.15) is 0 Å². The zero-order valence-corrected chi connectivity index (χ0v) is 17.1. The number of nitrogens with zero attached hydrogens (tertiary/aromatic N) is 1. The van der Waals surface area contributed by atoms with E-state index in [1.807, 2.05) is 12.1 Å². The third-order valence-electron chi connectivity index (χ3n) is 4.97. The summed E-state index contributed by atoms with van der Waals surface area (Å²) in [4.78, 5) is 2.54. The average Bonchev–Trinajstić information content (AvgIpc) is 2.68. The Hall–Kier alpha value is -1.56. The molecule has 2 aromatic rings. The van der Waals surface area contributed by atoms with Crippen molar-refractivity contribution in [2.45, 2.75) is 32.0 Å². The number of nitrogens with one attached hydrogen (secondary N) is 1. The van der Waals surface area contributed by atoms with Crippen LogP contribution in [0.15, 0.2) is 46.9 Å². The van der Waals surface area contributed by atoms with Gasteiger partial charge in [0.05, 0.1) is 14.2 Å². The lowest BCUT2D eigenvalue weighted by atomic mass is 10.0. The van der Waals surface area contributed by atoms with Crippen molar-refractivity contribution in [3.05, 3.63) is 58.1 Å². The van der Waals surface area contributed by atoms with E-state index in [2.05, 4.69) is 56.5 Å². The number of hydrogen-bond donors (Lipinski definition) is 1. The summed E-state index contributed by atoms with van der Waals surface area (Å²) in [6.07, 6.45) is 2.36. The first kappa shape index (κ1) is 19.2. The second-order valence-corrected chi connectivity index (χ2v) is 7.57. The molecular formula is C21H27BrN2O2. The van der Waals surface area contributed by atoms with Gasteiger partial charge < -0.3 is 14.8 Å². The fraction of sp³-hybridized carbons (Fsp3) is 0.429. The van der Waals surface area contributed by atoms with Gasteiger partial charge in [0.2, 0.25) is 0 Å². The molecule has 4 nitrogen and oxygen atoms in total. The lowest BCUT2D eigenvalue weighted by Gasteiger charge is -2.32. The van der Waals surface area contributed by atoms with Gasteiger partial charge in [-0.1, -0.05) is 46.3 Å². The molecule has 1 saturated heterocycles. The van der Waals surface area contributed by atoms with E-state index in [9.17, 15) is 0 Å². The zero-order valence-electron chi connectivity index (χ0n) is 15.5. The van der Waals surface area contributed by atoms with E-state index in [-0.39, 0.29) is 0 Å². The maximum Gasteiger partial charge on any atom is 0.161 e. The summed E-state index contributed by atoms with van der Waals surface area (Å²) >= 11 is 3.64. The Kier molecular flexibility index (Phi) is 6.94. The summed E-state index contributed by atoms with van der Waals surface area (Å²) in [5.74, 6) is 1.52. The molecule has 3 rings (SSSR count). The van der Waals surface area contributed by atoms with Crippen molar-refractivity contribution in [1.82, 2.24) is 10.2 Å². The van der Waals surface area contributed by atoms with Crippen LogP contribution in [0.5, 0.6) is 11.5 Å². The summed E-state index contributed by atoms with van der Waals surface area (Å²) in [5, 5.41) is 3.70. The van der Waals surface area contributed by atoms with Crippen molar-refractivity contribution >= 4 is 15.9 Å². The van der Waals surface area contributed by atoms with E-state index in [1.165, 1.54) is 24.0 Å². The highest BCUT2D eigenvalue weighted by Crippen LogP contribution is 2.33. The van der Waals surface area contributed by atoms with Gasteiger partial charge in [-0.05, 0) is 49.2 Å². The average molecular weight is 419 g/mol. The standard InChI is InChI=1S/C21H27BrN2O2/c1-25-20-12-17(19(22)13-21(20)26-2)14-23-18-8-10-24(11-9-18)15-16-6-4-3-5-7-16/h3-7,12-13,18,23H,8-11,14-15H2,1-2H3. The molecule has 0 aromatic heterocycles. The molecule has 0 amide bonds. The van der Waals surface area contributed by atoms with Gasteiger partial charge in [0.25, 0.3) is 0 Å². The van der Waals surface area contributed by atoms with Gasteiger partial charge in [0.15, 0.2) is 11.5 Å². The topological polar surface area (TPSA) is 33.7 Å². The Morgan fingerprint density at radius 2 is 1.69 bits per heavy atom. The zero-order chi connectivity index (χ0) is 18.4. The number of methoxy groups -OCH3 is 2. The first-order valence-electron chi connectivity index (χ1n) is 9.09. The van der Waals surface area contributed by atoms with Gasteiger partial charge in [-0.15, -0.1) is 0 Å². The molecule has 0 radical (unpaired) electrons. The first-order valence-corrected chi connectivity index (χ1v) is 9.89. The molecule has 0 atom stereocenters. The molecule has 26 heavy (non-hydrogen) atoms. The quantitative estimate of drug-likeness (QED) is 0.729. The maximum atomic E-state index is 5.41. The monoisotopic (exact) mass is 418 g/mol. The van der Waals surface area contributed by atoms with Gasteiger partial charge >= 0.3 is 0 Å². The number of likely N-dealkylation sites (tertiary alicyclic amines) is 1. The van der Waals surface area contributed by atoms with Crippen molar-refractivity contribution in [2.75, 3.05) is 27.3 Å². The Morgan fingerprint density at radius 3 is 2.35 bits per heavy atom. The second kappa shape index (κ2) is 9.40. The lowest BCUT2D eigenvalue weighted by Crippen LogP contribution is -2.41. The molecule has 1 heterocycles. The summed E-state index contributed by atoms with van der Waals surface area (Å²) in [7, 11) is 3.33. The Morgan fingerprint density at radius 1 is 1.04 bits per heavy atom. The molecule has 0 spiro atoms. The molecule has 1 N–H and O–H groups in total. The van der Waals surface area contributed by atoms with Crippen LogP contribution in [0.1, 0.15) is 24.0 Å². The summed E-state index contributed by atoms with van der Waals surface area (Å²) in [6.45, 7) is 4.15. The van der Waals surface area contributed by atoms with Crippen LogP contribution in [0.3, 0.4) is 0 Å². The van der Waals surface area contributed by atoms with E-state index < -0.39 is 0 Å². The molecule has 0 unspecified atom stereocenters. The highest BCUT2D eigenvalue weighted by atomic mass is 79.9. The normalized spacial score (nSPS) is 15.8. The molecule has 5 heteroatoms. The Bertz CT molecular complexity index is 701. The van der Waals surface area contributed by atoms with E-state index in [0.29, 0.717) is 6.04 Å². The minimum atomic E-state index is 0.557. The van der Waals surface area contributed by atoms with Crippen LogP contribution >= 0.6 is 15.9 Å². The number of hydrogen-bond acceptors (Lipinski definition) is 4. The molecule has 1 fully saturated rings. The van der Waals surface area contributed by atoms with Crippen LogP contribution in [0.25, 0.3) is 0 Å². The molecule has 2 aromatic carbocycles. The number of benzene rings is 2. The van der Waals surface area contributed by atoms with E-state index in [0.717, 1.165) is 42.2 Å². The highest BCUT2D eigenvalue weighted by Gasteiger charge is 2.19. The molecule has 1 aliphatic heterocycles. The Labute approximate surface area is 164 Å². The third-order valence-corrected chi connectivity index (χ3v) is 5.71. The molecule has 0 saturated carbocycles. The smallest absolute Gasteiger partial charge is 0.161 e. The number of ether oxygens (including phenoxy) is 2. The summed E-state index contributed by atoms with van der Waals surface area (Å²) in [6, 6.07) is 15.3. The van der Waals surface area contributed by atoms with Gasteiger partial charge in [0, 0.05) is 23.6 Å². The number of rotatable bonds is 7. The number of halogens is 1. The predicted octanol–water partition coefficient (Wildman–Crippen LogP) is 4.22. The maximum absolute atomic E-state index is 5.41. The van der Waals surface area contributed by atoms with Gasteiger partial charge in [0.1, 0.15) is 0 Å². The molecular weight excluding hydrogens is 392 g/mol. The van der Waals surface area contributed by atoms with Crippen LogP contribution in [0.4, 0.5) is 0 Å². The van der Waals surface area contributed by atoms with Crippen LogP contribution in [0, 0.1) is 0 Å². The van der Waals surface area contributed by atoms with Crippen LogP contribution in [-0.4, -0.2) is 38.3 Å². The van der Waals surface area contributed by atoms with Gasteiger partial charge in [-0.3, -0.25) is 4.90 Å². The summed E-state index contributed by atoms with van der Waals surface area (Å²) in [5.41, 5.74) is 2.59. The first-order chi connectivity index (χ1) is 12.7. The van der Waals surface area contributed by atoms with E-state index in [1.54, 1.807) is 14.2 Å². The molecule has 140 valence electrons. The largest absolute Gasteiger partial charge is 0.493 e. The van der Waals surface area contributed by atoms with Crippen molar-refractivity contribution in [3.8, 4) is 11.5 Å². The summed E-state index contributed by atoms with van der Waals surface area (Å²) < 4.78 is 11.8. The third kappa shape index (κ3) is 5.00. The SMILES string of the molecule is COc1cc(Br)c(CNC2CCN(Cc3ccccc3)CC2)cc1OC. The van der Waals surface area contributed by atoms with Crippen LogP contribution in [0.2, 0.25) is 0 Å². The van der Waals surface area contributed by atoms with Crippen molar-refractivity contribution in [2.24, 2.45) is 0 Å². The minimum Gasteiger partial charge on any atom is -0.493 e. The van der Waals surface area contributed by atoms with Crippen molar-refractivity contribution < 1.29 is 9.47 Å². The molecule has 0 aliphatic carbocycles. The lowest BCUT2D eigenvalue weighted by molar-refractivity contribution is 0.190. The molecule has 0 bridgehead atoms. The second-order valence-electron chi connectivity index (χ2n) is 6.72. The van der Waals surface area contributed by atoms with Crippen LogP contribution in [-0.2, 0) is 13.1 Å².